The molecule has 2 aromatic heterocycles. The van der Waals surface area contributed by atoms with Crippen molar-refractivity contribution in [2.75, 3.05) is 0 Å². The molecule has 4 nitrogen and oxygen atoms in total. The molecule has 154 valence electrons. The summed E-state index contributed by atoms with van der Waals surface area (Å²) >= 11 is 3.45. The SMILES string of the molecule is C[C@H]([C@H]1CC[C@@H](c2ccnc3ccc(F)cc32)CC1)n1[nH]c2ccc(Br)cc2c1=O. The second-order valence-electron chi connectivity index (χ2n) is 8.39. The van der Waals surface area contributed by atoms with Crippen LogP contribution < -0.4 is 5.56 Å². The highest BCUT2D eigenvalue weighted by atomic mass is 79.9. The number of H-pyrrole nitrogens is 1. The van der Waals surface area contributed by atoms with Crippen molar-refractivity contribution < 1.29 is 4.39 Å². The Labute approximate surface area is 182 Å². The number of rotatable bonds is 3. The number of benzene rings is 2. The van der Waals surface area contributed by atoms with Crippen LogP contribution in [0.3, 0.4) is 0 Å². The summed E-state index contributed by atoms with van der Waals surface area (Å²) in [6, 6.07) is 12.7. The van der Waals surface area contributed by atoms with E-state index in [0.717, 1.165) is 52.0 Å². The summed E-state index contributed by atoms with van der Waals surface area (Å²) in [6.07, 6.45) is 5.97. The minimum absolute atomic E-state index is 0.0385. The molecule has 0 bridgehead atoms. The van der Waals surface area contributed by atoms with Gasteiger partial charge in [-0.05, 0) is 92.5 Å². The summed E-state index contributed by atoms with van der Waals surface area (Å²) in [5.74, 6) is 0.611. The smallest absolute Gasteiger partial charge is 0.274 e. The molecule has 1 saturated carbocycles. The number of hydrogen-bond acceptors (Lipinski definition) is 2. The first kappa shape index (κ1) is 19.5. The molecule has 1 fully saturated rings. The Bertz CT molecular complexity index is 1290. The van der Waals surface area contributed by atoms with Crippen LogP contribution in [0.15, 0.2) is 57.9 Å². The first-order chi connectivity index (χ1) is 14.5. The van der Waals surface area contributed by atoms with E-state index >= 15 is 0 Å². The molecule has 1 N–H and O–H groups in total. The predicted octanol–water partition coefficient (Wildman–Crippen LogP) is 6.31. The molecule has 30 heavy (non-hydrogen) atoms. The van der Waals surface area contributed by atoms with E-state index in [1.165, 1.54) is 11.6 Å². The summed E-state index contributed by atoms with van der Waals surface area (Å²) in [7, 11) is 0. The highest BCUT2D eigenvalue weighted by Crippen LogP contribution is 2.41. The zero-order valence-electron chi connectivity index (χ0n) is 16.7. The quantitative estimate of drug-likeness (QED) is 0.383. The fourth-order valence-corrected chi connectivity index (χ4v) is 5.37. The number of hydrogen-bond donors (Lipinski definition) is 1. The van der Waals surface area contributed by atoms with Gasteiger partial charge in [0.2, 0.25) is 0 Å². The molecule has 1 aliphatic rings. The van der Waals surface area contributed by atoms with Gasteiger partial charge in [0.15, 0.2) is 0 Å². The van der Waals surface area contributed by atoms with Crippen molar-refractivity contribution in [2.24, 2.45) is 5.92 Å². The Balaban J connectivity index is 1.37. The van der Waals surface area contributed by atoms with E-state index in [1.54, 1.807) is 16.8 Å². The summed E-state index contributed by atoms with van der Waals surface area (Å²) in [5, 5.41) is 4.94. The van der Waals surface area contributed by atoms with Crippen molar-refractivity contribution in [1.82, 2.24) is 14.8 Å². The molecule has 2 heterocycles. The van der Waals surface area contributed by atoms with Gasteiger partial charge < -0.3 is 0 Å². The van der Waals surface area contributed by atoms with E-state index in [1.807, 2.05) is 30.5 Å². The number of pyridine rings is 1. The van der Waals surface area contributed by atoms with E-state index < -0.39 is 0 Å². The minimum atomic E-state index is -0.219. The molecular formula is C24H23BrFN3O. The Hall–Kier alpha value is -2.47. The van der Waals surface area contributed by atoms with Crippen LogP contribution in [0.1, 0.15) is 50.1 Å². The van der Waals surface area contributed by atoms with E-state index in [-0.39, 0.29) is 17.4 Å². The number of nitrogens with one attached hydrogen (secondary N) is 1. The Morgan fingerprint density at radius 3 is 2.70 bits per heavy atom. The lowest BCUT2D eigenvalue weighted by Gasteiger charge is -2.33. The maximum Gasteiger partial charge on any atom is 0.274 e. The predicted molar refractivity (Wildman–Crippen MR) is 121 cm³/mol. The molecule has 0 spiro atoms. The van der Waals surface area contributed by atoms with Gasteiger partial charge in [-0.25, -0.2) is 9.07 Å². The fourth-order valence-electron chi connectivity index (χ4n) is 5.01. The zero-order chi connectivity index (χ0) is 20.8. The first-order valence-electron chi connectivity index (χ1n) is 10.4. The van der Waals surface area contributed by atoms with E-state index in [9.17, 15) is 9.18 Å². The van der Waals surface area contributed by atoms with Crippen molar-refractivity contribution in [3.63, 3.8) is 0 Å². The van der Waals surface area contributed by atoms with Crippen LogP contribution in [-0.4, -0.2) is 14.8 Å². The topological polar surface area (TPSA) is 50.7 Å². The van der Waals surface area contributed by atoms with Crippen molar-refractivity contribution in [2.45, 2.75) is 44.6 Å². The third-order valence-electron chi connectivity index (χ3n) is 6.71. The lowest BCUT2D eigenvalue weighted by Crippen LogP contribution is -2.28. The standard InChI is InChI=1S/C24H23BrFN3O/c1-14(29-24(30)21-12-17(25)6-8-23(21)28-29)15-2-4-16(5-3-15)19-10-11-27-22-9-7-18(26)13-20(19)22/h6-16,28H,2-5H2,1H3/t14-,15-,16+/m1/s1. The molecule has 6 heteroatoms. The average molecular weight is 468 g/mol. The third-order valence-corrected chi connectivity index (χ3v) is 7.20. The molecular weight excluding hydrogens is 445 g/mol. The summed E-state index contributed by atoms with van der Waals surface area (Å²) in [6.45, 7) is 2.13. The Morgan fingerprint density at radius 1 is 1.10 bits per heavy atom. The number of aromatic amines is 1. The second kappa shape index (κ2) is 7.65. The molecule has 1 atom stereocenters. The van der Waals surface area contributed by atoms with Crippen molar-refractivity contribution in [3.8, 4) is 0 Å². The molecule has 0 aliphatic heterocycles. The minimum Gasteiger partial charge on any atom is -0.295 e. The monoisotopic (exact) mass is 467 g/mol. The van der Waals surface area contributed by atoms with E-state index in [4.69, 9.17) is 0 Å². The van der Waals surface area contributed by atoms with Crippen LogP contribution in [0.5, 0.6) is 0 Å². The summed E-state index contributed by atoms with van der Waals surface area (Å²) in [4.78, 5) is 17.3. The van der Waals surface area contributed by atoms with Gasteiger partial charge >= 0.3 is 0 Å². The number of nitrogens with zero attached hydrogens (tertiary/aromatic N) is 2. The van der Waals surface area contributed by atoms with Gasteiger partial charge in [0, 0.05) is 16.1 Å². The van der Waals surface area contributed by atoms with Gasteiger partial charge in [0.05, 0.1) is 22.5 Å². The average Bonchev–Trinajstić information content (AvgIpc) is 3.09. The van der Waals surface area contributed by atoms with Gasteiger partial charge in [-0.15, -0.1) is 0 Å². The van der Waals surface area contributed by atoms with Crippen LogP contribution in [0.2, 0.25) is 0 Å². The van der Waals surface area contributed by atoms with Crippen molar-refractivity contribution in [1.29, 1.82) is 0 Å². The molecule has 0 radical (unpaired) electrons. The molecule has 0 unspecified atom stereocenters. The second-order valence-corrected chi connectivity index (χ2v) is 9.31. The molecule has 5 rings (SSSR count). The van der Waals surface area contributed by atoms with Gasteiger partial charge in [-0.3, -0.25) is 14.9 Å². The molecule has 0 amide bonds. The van der Waals surface area contributed by atoms with Crippen LogP contribution in [-0.2, 0) is 0 Å². The largest absolute Gasteiger partial charge is 0.295 e. The number of fused-ring (bicyclic) bond motifs is 2. The van der Waals surface area contributed by atoms with Gasteiger partial charge in [-0.1, -0.05) is 15.9 Å². The van der Waals surface area contributed by atoms with Gasteiger partial charge in [0.25, 0.3) is 5.56 Å². The van der Waals surface area contributed by atoms with Crippen molar-refractivity contribution >= 4 is 37.7 Å². The lowest BCUT2D eigenvalue weighted by molar-refractivity contribution is 0.233. The zero-order valence-corrected chi connectivity index (χ0v) is 18.3. The Kier molecular flexibility index (Phi) is 4.97. The normalized spacial score (nSPS) is 20.6. The molecule has 1 aliphatic carbocycles. The summed E-state index contributed by atoms with van der Waals surface area (Å²) < 4.78 is 16.5. The lowest BCUT2D eigenvalue weighted by atomic mass is 9.75. The van der Waals surface area contributed by atoms with Crippen LogP contribution in [0, 0.1) is 11.7 Å². The van der Waals surface area contributed by atoms with Crippen LogP contribution in [0.4, 0.5) is 4.39 Å². The highest BCUT2D eigenvalue weighted by molar-refractivity contribution is 9.10. The highest BCUT2D eigenvalue weighted by Gasteiger charge is 2.29. The summed E-state index contributed by atoms with van der Waals surface area (Å²) in [5.41, 5.74) is 2.95. The molecule has 4 aromatic rings. The molecule has 2 aromatic carbocycles. The molecule has 0 saturated heterocycles. The van der Waals surface area contributed by atoms with Crippen LogP contribution >= 0.6 is 15.9 Å². The maximum atomic E-state index is 13.8. The number of aromatic nitrogens is 3. The third kappa shape index (κ3) is 3.37. The van der Waals surface area contributed by atoms with Gasteiger partial charge in [0.1, 0.15) is 5.82 Å². The van der Waals surface area contributed by atoms with E-state index in [0.29, 0.717) is 11.8 Å². The van der Waals surface area contributed by atoms with Crippen LogP contribution in [0.25, 0.3) is 21.8 Å². The maximum absolute atomic E-state index is 13.8. The van der Waals surface area contributed by atoms with E-state index in [2.05, 4.69) is 32.9 Å². The number of halogens is 2. The fraction of sp³-hybridized carbons (Fsp3) is 0.333. The van der Waals surface area contributed by atoms with Crippen molar-refractivity contribution in [3.05, 3.63) is 74.9 Å². The Morgan fingerprint density at radius 2 is 1.90 bits per heavy atom. The van der Waals surface area contributed by atoms with Gasteiger partial charge in [-0.2, -0.15) is 0 Å². The first-order valence-corrected chi connectivity index (χ1v) is 11.2.